The topological polar surface area (TPSA) is 76.4 Å². The molecule has 0 fully saturated rings. The van der Waals surface area contributed by atoms with E-state index in [4.69, 9.17) is 0 Å². The summed E-state index contributed by atoms with van der Waals surface area (Å²) in [6, 6.07) is 17.2. The molecule has 2 aliphatic heterocycles. The van der Waals surface area contributed by atoms with Crippen LogP contribution in [0.1, 0.15) is 6.92 Å². The third-order valence-electron chi connectivity index (χ3n) is 4.70. The van der Waals surface area contributed by atoms with Crippen LogP contribution in [0.4, 0.5) is 11.4 Å². The lowest BCUT2D eigenvalue weighted by atomic mass is 10.1. The molecule has 6 nitrogen and oxygen atoms in total. The maximum atomic E-state index is 12.9. The van der Waals surface area contributed by atoms with E-state index in [0.29, 0.717) is 11.3 Å². The Morgan fingerprint density at radius 1 is 1.10 bits per heavy atom. The number of para-hydroxylation sites is 2. The molecule has 2 heterocycles. The number of nitrogens with zero attached hydrogens (tertiary/aromatic N) is 3. The van der Waals surface area contributed by atoms with Crippen LogP contribution in [-0.2, 0) is 4.79 Å². The first kappa shape index (κ1) is 19.4. The number of anilines is 2. The van der Waals surface area contributed by atoms with Crippen LogP contribution in [0, 0.1) is 0 Å². The Hall–Kier alpha value is -2.87. The first-order valence-electron chi connectivity index (χ1n) is 9.29. The van der Waals surface area contributed by atoms with Crippen LogP contribution in [0.15, 0.2) is 87.3 Å². The summed E-state index contributed by atoms with van der Waals surface area (Å²) in [7, 11) is 0. The summed E-state index contributed by atoms with van der Waals surface area (Å²) in [5.41, 5.74) is 2.88. The number of carbonyl (C=O) groups is 1. The van der Waals surface area contributed by atoms with E-state index in [-0.39, 0.29) is 19.1 Å². The molecule has 0 aliphatic carbocycles. The van der Waals surface area contributed by atoms with Gasteiger partial charge in [-0.2, -0.15) is 10.1 Å². The number of fused-ring (bicyclic) bond motifs is 1. The van der Waals surface area contributed by atoms with Gasteiger partial charge in [0.15, 0.2) is 0 Å². The Labute approximate surface area is 173 Å². The summed E-state index contributed by atoms with van der Waals surface area (Å²) in [4.78, 5) is 15.9. The predicted octanol–water partition coefficient (Wildman–Crippen LogP) is 3.14. The number of aliphatic hydroxyl groups is 2. The molecule has 4 rings (SSSR count). The van der Waals surface area contributed by atoms with Crippen molar-refractivity contribution in [3.8, 4) is 0 Å². The number of rotatable bonds is 5. The zero-order valence-corrected chi connectivity index (χ0v) is 16.7. The number of aliphatic hydroxyl groups excluding tert-OH is 2. The highest BCUT2D eigenvalue weighted by Crippen LogP contribution is 2.45. The summed E-state index contributed by atoms with van der Waals surface area (Å²) in [5.74, 6) is -0.173. The van der Waals surface area contributed by atoms with Crippen LogP contribution in [-0.4, -0.2) is 41.1 Å². The summed E-state index contributed by atoms with van der Waals surface area (Å²) in [6.07, 6.45) is 2.79. The lowest BCUT2D eigenvalue weighted by Crippen LogP contribution is -2.31. The van der Waals surface area contributed by atoms with Crippen molar-refractivity contribution in [3.05, 3.63) is 77.4 Å². The van der Waals surface area contributed by atoms with Gasteiger partial charge in [-0.1, -0.05) is 42.1 Å². The van der Waals surface area contributed by atoms with Crippen molar-refractivity contribution in [2.45, 2.75) is 17.9 Å². The molecule has 1 unspecified atom stereocenters. The van der Waals surface area contributed by atoms with Gasteiger partial charge < -0.3 is 15.1 Å². The summed E-state index contributed by atoms with van der Waals surface area (Å²) >= 11 is 1.56. The van der Waals surface area contributed by atoms with Gasteiger partial charge in [-0.3, -0.25) is 4.79 Å². The van der Waals surface area contributed by atoms with Crippen molar-refractivity contribution >= 4 is 34.8 Å². The van der Waals surface area contributed by atoms with E-state index in [1.165, 1.54) is 5.01 Å². The average Bonchev–Trinajstić information content (AvgIpc) is 3.23. The molecule has 29 heavy (non-hydrogen) atoms. The van der Waals surface area contributed by atoms with Gasteiger partial charge in [-0.05, 0) is 43.3 Å². The lowest BCUT2D eigenvalue weighted by Gasteiger charge is -2.22. The standard InChI is InChI=1S/C22H21N3O3S/c1-15-18(22(28)25(23-15)16-7-3-2-4-8-16)11-12-21-24(13-17(27)14-26)19-9-5-6-10-20(19)29-21/h2-12,17,26-27H,13-14H2,1H3/b18-11-,21-12+. The molecule has 0 saturated carbocycles. The van der Waals surface area contributed by atoms with Gasteiger partial charge in [0.25, 0.3) is 5.91 Å². The first-order valence-corrected chi connectivity index (χ1v) is 10.1. The predicted molar refractivity (Wildman–Crippen MR) is 116 cm³/mol. The van der Waals surface area contributed by atoms with E-state index in [2.05, 4.69) is 5.10 Å². The maximum Gasteiger partial charge on any atom is 0.280 e. The number of β-amino-alcohol motifs (C(OH)–C–C–N with tert-alkyl or cyclic N) is 1. The molecule has 1 atom stereocenters. The van der Waals surface area contributed by atoms with Crippen molar-refractivity contribution in [1.82, 2.24) is 0 Å². The number of benzene rings is 2. The molecule has 2 aliphatic rings. The maximum absolute atomic E-state index is 12.9. The SMILES string of the molecule is CC1=NN(c2ccccc2)C(=O)/C1=C\C=C1\Sc2ccccc2N1CC(O)CO. The fourth-order valence-corrected chi connectivity index (χ4v) is 4.32. The number of allylic oxidation sites excluding steroid dienone is 2. The third-order valence-corrected chi connectivity index (χ3v) is 5.83. The average molecular weight is 407 g/mol. The van der Waals surface area contributed by atoms with Gasteiger partial charge >= 0.3 is 0 Å². The van der Waals surface area contributed by atoms with Gasteiger partial charge in [-0.15, -0.1) is 0 Å². The molecule has 0 radical (unpaired) electrons. The van der Waals surface area contributed by atoms with Crippen molar-refractivity contribution in [2.24, 2.45) is 5.10 Å². The number of thioether (sulfide) groups is 1. The fourth-order valence-electron chi connectivity index (χ4n) is 3.24. The van der Waals surface area contributed by atoms with Crippen LogP contribution >= 0.6 is 11.8 Å². The second-order valence-electron chi connectivity index (χ2n) is 6.74. The molecule has 2 aromatic carbocycles. The highest BCUT2D eigenvalue weighted by Gasteiger charge is 2.29. The number of carbonyl (C=O) groups excluding carboxylic acids is 1. The number of hydrazone groups is 1. The molecule has 2 N–H and O–H groups in total. The van der Waals surface area contributed by atoms with Crippen LogP contribution in [0.3, 0.4) is 0 Å². The molecule has 0 spiro atoms. The minimum Gasteiger partial charge on any atom is -0.394 e. The molecule has 0 aromatic heterocycles. The molecular weight excluding hydrogens is 386 g/mol. The van der Waals surface area contributed by atoms with Gasteiger partial charge in [0, 0.05) is 4.90 Å². The fraction of sp³-hybridized carbons (Fsp3) is 0.182. The Morgan fingerprint density at radius 3 is 2.59 bits per heavy atom. The van der Waals surface area contributed by atoms with Crippen LogP contribution in [0.25, 0.3) is 0 Å². The van der Waals surface area contributed by atoms with Crippen LogP contribution < -0.4 is 9.91 Å². The third kappa shape index (κ3) is 3.85. The van der Waals surface area contributed by atoms with E-state index in [0.717, 1.165) is 21.3 Å². The molecule has 1 amide bonds. The van der Waals surface area contributed by atoms with E-state index in [1.807, 2.05) is 72.5 Å². The number of amides is 1. The normalized spacial score (nSPS) is 19.8. The van der Waals surface area contributed by atoms with E-state index < -0.39 is 6.10 Å². The van der Waals surface area contributed by atoms with Crippen molar-refractivity contribution in [2.75, 3.05) is 23.1 Å². The molecule has 2 aromatic rings. The van der Waals surface area contributed by atoms with Crippen LogP contribution in [0.2, 0.25) is 0 Å². The number of hydrogen-bond donors (Lipinski definition) is 2. The first-order chi connectivity index (χ1) is 14.1. The quantitative estimate of drug-likeness (QED) is 0.745. The van der Waals surface area contributed by atoms with E-state index in [1.54, 1.807) is 17.8 Å². The summed E-state index contributed by atoms with van der Waals surface area (Å²) < 4.78 is 0. The van der Waals surface area contributed by atoms with Gasteiger partial charge in [0.05, 0.1) is 46.9 Å². The molecule has 7 heteroatoms. The molecule has 0 bridgehead atoms. The monoisotopic (exact) mass is 407 g/mol. The Bertz CT molecular complexity index is 1020. The van der Waals surface area contributed by atoms with Crippen LogP contribution in [0.5, 0.6) is 0 Å². The zero-order valence-electron chi connectivity index (χ0n) is 15.9. The molecule has 148 valence electrons. The second-order valence-corrected chi connectivity index (χ2v) is 7.80. The zero-order chi connectivity index (χ0) is 20.4. The second kappa shape index (κ2) is 8.24. The Morgan fingerprint density at radius 2 is 1.83 bits per heavy atom. The van der Waals surface area contributed by atoms with Crippen molar-refractivity contribution in [3.63, 3.8) is 0 Å². The minimum absolute atomic E-state index is 0.173. The van der Waals surface area contributed by atoms with Gasteiger partial charge in [-0.25, -0.2) is 0 Å². The minimum atomic E-state index is -0.859. The van der Waals surface area contributed by atoms with Gasteiger partial charge in [0.1, 0.15) is 0 Å². The van der Waals surface area contributed by atoms with E-state index in [9.17, 15) is 15.0 Å². The molecule has 0 saturated heterocycles. The highest BCUT2D eigenvalue weighted by molar-refractivity contribution is 8.03. The number of hydrogen-bond acceptors (Lipinski definition) is 6. The largest absolute Gasteiger partial charge is 0.394 e. The molecular formula is C22H21N3O3S. The van der Waals surface area contributed by atoms with Gasteiger partial charge in [0.2, 0.25) is 0 Å². The Balaban J connectivity index is 1.63. The van der Waals surface area contributed by atoms with E-state index >= 15 is 0 Å². The highest BCUT2D eigenvalue weighted by atomic mass is 32.2. The Kier molecular flexibility index (Phi) is 5.53. The van der Waals surface area contributed by atoms with Crippen molar-refractivity contribution in [1.29, 1.82) is 0 Å². The smallest absolute Gasteiger partial charge is 0.280 e. The summed E-state index contributed by atoms with van der Waals surface area (Å²) in [6.45, 7) is 1.77. The lowest BCUT2D eigenvalue weighted by molar-refractivity contribution is -0.114. The summed E-state index contributed by atoms with van der Waals surface area (Å²) in [5, 5.41) is 25.9. The van der Waals surface area contributed by atoms with Crippen molar-refractivity contribution < 1.29 is 15.0 Å².